The molecule has 0 aliphatic carbocycles. The van der Waals surface area contributed by atoms with E-state index in [-0.39, 0.29) is 6.04 Å². The van der Waals surface area contributed by atoms with Gasteiger partial charge in [-0.15, -0.1) is 0 Å². The minimum atomic E-state index is 0.217. The molecule has 88 valence electrons. The lowest BCUT2D eigenvalue weighted by atomic mass is 10.1. The van der Waals surface area contributed by atoms with Crippen LogP contribution < -0.4 is 5.73 Å². The van der Waals surface area contributed by atoms with Crippen LogP contribution >= 0.6 is 0 Å². The lowest BCUT2D eigenvalue weighted by Gasteiger charge is -2.17. The van der Waals surface area contributed by atoms with Crippen molar-refractivity contribution in [3.63, 3.8) is 0 Å². The number of nitrogens with two attached hydrogens (primary N) is 1. The highest BCUT2D eigenvalue weighted by molar-refractivity contribution is 5.59. The van der Waals surface area contributed by atoms with Crippen molar-refractivity contribution in [1.82, 2.24) is 14.8 Å². The van der Waals surface area contributed by atoms with Crippen LogP contribution in [0.15, 0.2) is 24.3 Å². The Hall–Kier alpha value is -1.68. The van der Waals surface area contributed by atoms with Gasteiger partial charge in [-0.2, -0.15) is 5.10 Å². The molecule has 2 N–H and O–H groups in total. The Labute approximate surface area is 100 Å². The van der Waals surface area contributed by atoms with Gasteiger partial charge in [0.2, 0.25) is 0 Å². The summed E-state index contributed by atoms with van der Waals surface area (Å²) >= 11 is 0. The monoisotopic (exact) mass is 228 g/mol. The average molecular weight is 228 g/mol. The van der Waals surface area contributed by atoms with Crippen molar-refractivity contribution in [3.8, 4) is 11.4 Å². The summed E-state index contributed by atoms with van der Waals surface area (Å²) in [4.78, 5) is 4.61. The number of hydrogen-bond donors (Lipinski definition) is 1. The Morgan fingerprint density at radius 2 is 2.18 bits per heavy atom. The second-order valence-corrected chi connectivity index (χ2v) is 4.65. The molecular weight excluding hydrogens is 212 g/mol. The van der Waals surface area contributed by atoms with Gasteiger partial charge in [0.25, 0.3) is 0 Å². The third-order valence-corrected chi connectivity index (χ3v) is 3.28. The highest BCUT2D eigenvalue weighted by Gasteiger charge is 2.19. The predicted molar refractivity (Wildman–Crippen MR) is 66.5 cm³/mol. The van der Waals surface area contributed by atoms with E-state index in [4.69, 9.17) is 5.73 Å². The average Bonchev–Trinajstić information content (AvgIpc) is 2.72. The molecule has 0 radical (unpaired) electrons. The summed E-state index contributed by atoms with van der Waals surface area (Å²) in [6.45, 7) is 2.87. The van der Waals surface area contributed by atoms with Crippen LogP contribution in [0.5, 0.6) is 0 Å². The molecule has 1 aromatic heterocycles. The topological polar surface area (TPSA) is 56.7 Å². The van der Waals surface area contributed by atoms with Crippen LogP contribution in [0.25, 0.3) is 11.4 Å². The van der Waals surface area contributed by atoms with Gasteiger partial charge in [-0.1, -0.05) is 24.3 Å². The number of hydrogen-bond acceptors (Lipinski definition) is 3. The van der Waals surface area contributed by atoms with Gasteiger partial charge in [0.1, 0.15) is 5.82 Å². The quantitative estimate of drug-likeness (QED) is 0.805. The van der Waals surface area contributed by atoms with Crippen molar-refractivity contribution >= 4 is 0 Å². The van der Waals surface area contributed by atoms with E-state index in [0.29, 0.717) is 0 Å². The van der Waals surface area contributed by atoms with Crippen molar-refractivity contribution in [2.45, 2.75) is 32.4 Å². The largest absolute Gasteiger partial charge is 0.326 e. The molecule has 0 spiro atoms. The molecule has 1 atom stereocenters. The number of nitrogens with zero attached hydrogens (tertiary/aromatic N) is 3. The molecule has 2 heterocycles. The first-order valence-corrected chi connectivity index (χ1v) is 5.99. The lowest BCUT2D eigenvalue weighted by molar-refractivity contribution is 0.422. The normalized spacial score (nSPS) is 19.1. The molecule has 2 aromatic rings. The zero-order chi connectivity index (χ0) is 11.8. The Kier molecular flexibility index (Phi) is 2.44. The molecule has 4 nitrogen and oxygen atoms in total. The Morgan fingerprint density at radius 1 is 1.35 bits per heavy atom. The third-order valence-electron chi connectivity index (χ3n) is 3.28. The van der Waals surface area contributed by atoms with Crippen molar-refractivity contribution in [2.24, 2.45) is 5.73 Å². The Bertz CT molecular complexity index is 544. The molecule has 0 fully saturated rings. The second kappa shape index (κ2) is 3.96. The number of benzene rings is 1. The summed E-state index contributed by atoms with van der Waals surface area (Å²) in [5, 5.41) is 4.56. The van der Waals surface area contributed by atoms with Crippen LogP contribution in [0, 0.1) is 6.92 Å². The Morgan fingerprint density at radius 3 is 3.00 bits per heavy atom. The number of rotatable bonds is 1. The molecule has 3 rings (SSSR count). The van der Waals surface area contributed by atoms with E-state index < -0.39 is 0 Å². The highest BCUT2D eigenvalue weighted by Crippen LogP contribution is 2.22. The summed E-state index contributed by atoms with van der Waals surface area (Å²) < 4.78 is 1.95. The maximum Gasteiger partial charge on any atom is 0.181 e. The van der Waals surface area contributed by atoms with Crippen molar-refractivity contribution in [3.05, 3.63) is 35.7 Å². The molecule has 0 bridgehead atoms. The van der Waals surface area contributed by atoms with Crippen molar-refractivity contribution in [1.29, 1.82) is 0 Å². The molecule has 0 saturated carbocycles. The number of aryl methyl sites for hydroxylation is 2. The molecule has 1 aliphatic heterocycles. The fraction of sp³-hybridized carbons (Fsp3) is 0.385. The van der Waals surface area contributed by atoms with E-state index in [0.717, 1.165) is 36.6 Å². The summed E-state index contributed by atoms with van der Waals surface area (Å²) in [6.07, 6.45) is 1.94. The first kappa shape index (κ1) is 10.5. The first-order valence-electron chi connectivity index (χ1n) is 5.99. The van der Waals surface area contributed by atoms with Gasteiger partial charge in [0.15, 0.2) is 5.82 Å². The van der Waals surface area contributed by atoms with Gasteiger partial charge in [-0.25, -0.2) is 9.67 Å². The first-order chi connectivity index (χ1) is 8.24. The predicted octanol–water partition coefficient (Wildman–Crippen LogP) is 1.53. The summed E-state index contributed by atoms with van der Waals surface area (Å²) in [6, 6.07) is 8.42. The van der Waals surface area contributed by atoms with E-state index in [2.05, 4.69) is 29.1 Å². The molecule has 1 aliphatic rings. The molecule has 1 unspecified atom stereocenters. The molecule has 0 saturated heterocycles. The van der Waals surface area contributed by atoms with Gasteiger partial charge < -0.3 is 5.73 Å². The molecule has 4 heteroatoms. The molecule has 0 amide bonds. The van der Waals surface area contributed by atoms with Crippen LogP contribution in [-0.4, -0.2) is 20.8 Å². The third kappa shape index (κ3) is 1.85. The van der Waals surface area contributed by atoms with E-state index in [1.807, 2.05) is 16.8 Å². The lowest BCUT2D eigenvalue weighted by Crippen LogP contribution is -2.32. The zero-order valence-corrected chi connectivity index (χ0v) is 9.93. The van der Waals surface area contributed by atoms with Crippen LogP contribution in [0.2, 0.25) is 0 Å². The zero-order valence-electron chi connectivity index (χ0n) is 9.93. The minimum Gasteiger partial charge on any atom is -0.326 e. The van der Waals surface area contributed by atoms with Gasteiger partial charge >= 0.3 is 0 Å². The standard InChI is InChI=1S/C13H16N4/c1-9-4-2-3-5-11(9)13-15-12-7-6-10(14)8-17(12)16-13/h2-5,10H,6-8,14H2,1H3. The van der Waals surface area contributed by atoms with Gasteiger partial charge in [-0.3, -0.25) is 0 Å². The second-order valence-electron chi connectivity index (χ2n) is 4.65. The maximum absolute atomic E-state index is 5.94. The molecule has 17 heavy (non-hydrogen) atoms. The van der Waals surface area contributed by atoms with E-state index in [9.17, 15) is 0 Å². The van der Waals surface area contributed by atoms with Crippen LogP contribution in [-0.2, 0) is 13.0 Å². The fourth-order valence-corrected chi connectivity index (χ4v) is 2.27. The van der Waals surface area contributed by atoms with Gasteiger partial charge in [-0.05, 0) is 18.9 Å². The number of aromatic nitrogens is 3. The van der Waals surface area contributed by atoms with E-state index in [1.54, 1.807) is 0 Å². The minimum absolute atomic E-state index is 0.217. The van der Waals surface area contributed by atoms with Crippen LogP contribution in [0.4, 0.5) is 0 Å². The summed E-state index contributed by atoms with van der Waals surface area (Å²) in [5.41, 5.74) is 8.26. The van der Waals surface area contributed by atoms with Gasteiger partial charge in [0.05, 0.1) is 6.54 Å². The summed E-state index contributed by atoms with van der Waals surface area (Å²) in [7, 11) is 0. The van der Waals surface area contributed by atoms with Crippen molar-refractivity contribution in [2.75, 3.05) is 0 Å². The number of fused-ring (bicyclic) bond motifs is 1. The van der Waals surface area contributed by atoms with Crippen molar-refractivity contribution < 1.29 is 0 Å². The Balaban J connectivity index is 2.03. The van der Waals surface area contributed by atoms with Gasteiger partial charge in [0, 0.05) is 18.0 Å². The van der Waals surface area contributed by atoms with E-state index in [1.165, 1.54) is 5.56 Å². The molecule has 1 aromatic carbocycles. The van der Waals surface area contributed by atoms with Crippen LogP contribution in [0.1, 0.15) is 17.8 Å². The smallest absolute Gasteiger partial charge is 0.181 e. The van der Waals surface area contributed by atoms with Crippen LogP contribution in [0.3, 0.4) is 0 Å². The van der Waals surface area contributed by atoms with E-state index >= 15 is 0 Å². The SMILES string of the molecule is Cc1ccccc1-c1nc2n(n1)CC(N)CC2. The maximum atomic E-state index is 5.94. The summed E-state index contributed by atoms with van der Waals surface area (Å²) in [5.74, 6) is 1.89. The molecular formula is C13H16N4. The fourth-order valence-electron chi connectivity index (χ4n) is 2.27. The highest BCUT2D eigenvalue weighted by atomic mass is 15.4.